The lowest BCUT2D eigenvalue weighted by Crippen LogP contribution is -2.22. The first-order chi connectivity index (χ1) is 16.2. The molecule has 166 valence electrons. The zero-order valence-corrected chi connectivity index (χ0v) is 18.7. The molecule has 0 saturated carbocycles. The predicted molar refractivity (Wildman–Crippen MR) is 133 cm³/mol. The van der Waals surface area contributed by atoms with Gasteiger partial charge in [-0.15, -0.1) is 10.2 Å². The standard InChI is InChI=1S/C26H26N6O/c1-3-32(4-2)21-15-16-22(24(17-21)27-26(33)20-13-9-6-10-14-20)28-30-25-18-23(29-31-25)19-11-7-5-8-12-19/h5-18H,3-4H2,1-2H3,(H,27,33)(H,29,31). The molecule has 2 N–H and O–H groups in total. The van der Waals surface area contributed by atoms with Crippen LogP contribution in [-0.4, -0.2) is 29.2 Å². The Kier molecular flexibility index (Phi) is 6.90. The van der Waals surface area contributed by atoms with Gasteiger partial charge in [0.15, 0.2) is 5.82 Å². The average molecular weight is 439 g/mol. The molecule has 0 fully saturated rings. The average Bonchev–Trinajstić information content (AvgIpc) is 3.34. The molecule has 1 heterocycles. The minimum Gasteiger partial charge on any atom is -0.372 e. The first-order valence-electron chi connectivity index (χ1n) is 11.0. The molecule has 0 spiro atoms. The molecule has 7 nitrogen and oxygen atoms in total. The van der Waals surface area contributed by atoms with Gasteiger partial charge in [-0.05, 0) is 44.2 Å². The number of rotatable bonds is 8. The van der Waals surface area contributed by atoms with E-state index in [9.17, 15) is 4.79 Å². The number of azo groups is 1. The van der Waals surface area contributed by atoms with Crippen LogP contribution in [0.1, 0.15) is 24.2 Å². The number of benzene rings is 3. The van der Waals surface area contributed by atoms with Crippen LogP contribution in [0.4, 0.5) is 22.9 Å². The van der Waals surface area contributed by atoms with Gasteiger partial charge in [0.25, 0.3) is 5.91 Å². The normalized spacial score (nSPS) is 11.0. The summed E-state index contributed by atoms with van der Waals surface area (Å²) in [7, 11) is 0. The largest absolute Gasteiger partial charge is 0.372 e. The lowest BCUT2D eigenvalue weighted by Gasteiger charge is -2.22. The maximum absolute atomic E-state index is 12.8. The fourth-order valence-electron chi connectivity index (χ4n) is 3.51. The Labute approximate surface area is 193 Å². The lowest BCUT2D eigenvalue weighted by atomic mass is 10.2. The number of aromatic amines is 1. The number of carbonyl (C=O) groups is 1. The van der Waals surface area contributed by atoms with E-state index in [0.29, 0.717) is 22.8 Å². The Hall–Kier alpha value is -4.26. The molecule has 0 unspecified atom stereocenters. The van der Waals surface area contributed by atoms with Crippen LogP contribution in [0.3, 0.4) is 0 Å². The Morgan fingerprint density at radius 1 is 0.909 bits per heavy atom. The fraction of sp³-hybridized carbons (Fsp3) is 0.154. The highest BCUT2D eigenvalue weighted by Crippen LogP contribution is 2.32. The number of carbonyl (C=O) groups excluding carboxylic acids is 1. The number of hydrogen-bond donors (Lipinski definition) is 2. The zero-order valence-electron chi connectivity index (χ0n) is 18.7. The second-order valence-electron chi connectivity index (χ2n) is 7.40. The van der Waals surface area contributed by atoms with Gasteiger partial charge in [0, 0.05) is 36.0 Å². The fourth-order valence-corrected chi connectivity index (χ4v) is 3.51. The first-order valence-corrected chi connectivity index (χ1v) is 11.0. The van der Waals surface area contributed by atoms with Crippen LogP contribution in [0.25, 0.3) is 11.3 Å². The molecule has 0 aliphatic heterocycles. The van der Waals surface area contributed by atoms with Crippen LogP contribution in [-0.2, 0) is 0 Å². The molecule has 3 aromatic carbocycles. The zero-order chi connectivity index (χ0) is 23.0. The number of hydrogen-bond acceptors (Lipinski definition) is 5. The molecule has 0 atom stereocenters. The Morgan fingerprint density at radius 2 is 1.61 bits per heavy atom. The lowest BCUT2D eigenvalue weighted by molar-refractivity contribution is 0.102. The van der Waals surface area contributed by atoms with Crippen molar-refractivity contribution < 1.29 is 4.79 Å². The van der Waals surface area contributed by atoms with Crippen molar-refractivity contribution in [3.8, 4) is 11.3 Å². The number of aromatic nitrogens is 2. The van der Waals surface area contributed by atoms with Crippen molar-refractivity contribution >= 4 is 28.8 Å². The Bertz CT molecular complexity index is 1230. The number of nitrogens with zero attached hydrogens (tertiary/aromatic N) is 4. The van der Waals surface area contributed by atoms with E-state index in [1.54, 1.807) is 12.1 Å². The Morgan fingerprint density at radius 3 is 2.30 bits per heavy atom. The summed E-state index contributed by atoms with van der Waals surface area (Å²) in [5, 5.41) is 18.9. The van der Waals surface area contributed by atoms with Crippen LogP contribution >= 0.6 is 0 Å². The summed E-state index contributed by atoms with van der Waals surface area (Å²) in [6, 6.07) is 26.6. The molecular weight excluding hydrogens is 412 g/mol. The third-order valence-electron chi connectivity index (χ3n) is 5.29. The van der Waals surface area contributed by atoms with Crippen molar-refractivity contribution in [1.29, 1.82) is 0 Å². The number of amides is 1. The third kappa shape index (κ3) is 5.33. The van der Waals surface area contributed by atoms with Crippen molar-refractivity contribution in [2.24, 2.45) is 10.2 Å². The number of H-pyrrole nitrogens is 1. The van der Waals surface area contributed by atoms with E-state index in [-0.39, 0.29) is 5.91 Å². The van der Waals surface area contributed by atoms with Crippen molar-refractivity contribution in [3.05, 3.63) is 90.5 Å². The van der Waals surface area contributed by atoms with Gasteiger partial charge < -0.3 is 10.2 Å². The second kappa shape index (κ2) is 10.4. The van der Waals surface area contributed by atoms with Crippen LogP contribution in [0.15, 0.2) is 95.2 Å². The second-order valence-corrected chi connectivity index (χ2v) is 7.40. The predicted octanol–water partition coefficient (Wildman–Crippen LogP) is 6.59. The SMILES string of the molecule is CCN(CC)c1ccc(N=Nc2cc(-c3ccccc3)n[nH]2)c(NC(=O)c2ccccc2)c1. The maximum Gasteiger partial charge on any atom is 0.255 e. The Balaban J connectivity index is 1.62. The van der Waals surface area contributed by atoms with Crippen LogP contribution in [0.5, 0.6) is 0 Å². The van der Waals surface area contributed by atoms with Gasteiger partial charge in [0.1, 0.15) is 5.69 Å². The van der Waals surface area contributed by atoms with Crippen molar-refractivity contribution in [3.63, 3.8) is 0 Å². The molecule has 1 aromatic heterocycles. The molecule has 7 heteroatoms. The van der Waals surface area contributed by atoms with Crippen LogP contribution in [0, 0.1) is 0 Å². The highest BCUT2D eigenvalue weighted by atomic mass is 16.1. The maximum atomic E-state index is 12.8. The van der Waals surface area contributed by atoms with E-state index in [1.165, 1.54) is 0 Å². The molecule has 0 aliphatic carbocycles. The molecule has 33 heavy (non-hydrogen) atoms. The van der Waals surface area contributed by atoms with E-state index in [0.717, 1.165) is 30.0 Å². The molecule has 4 rings (SSSR count). The van der Waals surface area contributed by atoms with E-state index in [4.69, 9.17) is 0 Å². The van der Waals surface area contributed by atoms with E-state index in [1.807, 2.05) is 72.8 Å². The van der Waals surface area contributed by atoms with E-state index in [2.05, 4.69) is 44.5 Å². The summed E-state index contributed by atoms with van der Waals surface area (Å²) in [5.74, 6) is 0.332. The summed E-state index contributed by atoms with van der Waals surface area (Å²) in [6.45, 7) is 5.92. The molecule has 0 radical (unpaired) electrons. The molecule has 4 aromatic rings. The third-order valence-corrected chi connectivity index (χ3v) is 5.29. The topological polar surface area (TPSA) is 85.7 Å². The smallest absolute Gasteiger partial charge is 0.255 e. The highest BCUT2D eigenvalue weighted by Gasteiger charge is 2.12. The molecule has 0 aliphatic rings. The molecule has 0 bridgehead atoms. The summed E-state index contributed by atoms with van der Waals surface area (Å²) >= 11 is 0. The van der Waals surface area contributed by atoms with Crippen molar-refractivity contribution in [1.82, 2.24) is 10.2 Å². The highest BCUT2D eigenvalue weighted by molar-refractivity contribution is 6.06. The minimum absolute atomic E-state index is 0.198. The van der Waals surface area contributed by atoms with Gasteiger partial charge in [-0.1, -0.05) is 48.5 Å². The number of nitrogens with one attached hydrogen (secondary N) is 2. The number of anilines is 2. The molecule has 1 amide bonds. The van der Waals surface area contributed by atoms with Crippen LogP contribution < -0.4 is 10.2 Å². The van der Waals surface area contributed by atoms with Gasteiger partial charge in [-0.3, -0.25) is 9.89 Å². The van der Waals surface area contributed by atoms with Gasteiger partial charge in [0.05, 0.1) is 11.4 Å². The van der Waals surface area contributed by atoms with E-state index < -0.39 is 0 Å². The first kappa shape index (κ1) is 22.0. The van der Waals surface area contributed by atoms with Crippen LogP contribution in [0.2, 0.25) is 0 Å². The van der Waals surface area contributed by atoms with E-state index >= 15 is 0 Å². The molecule has 0 saturated heterocycles. The summed E-state index contributed by atoms with van der Waals surface area (Å²) in [5.41, 5.74) is 4.53. The van der Waals surface area contributed by atoms with Gasteiger partial charge in [-0.2, -0.15) is 5.10 Å². The monoisotopic (exact) mass is 438 g/mol. The van der Waals surface area contributed by atoms with Gasteiger partial charge in [-0.25, -0.2) is 0 Å². The minimum atomic E-state index is -0.198. The van der Waals surface area contributed by atoms with Gasteiger partial charge in [0.2, 0.25) is 0 Å². The summed E-state index contributed by atoms with van der Waals surface area (Å²) in [6.07, 6.45) is 0. The summed E-state index contributed by atoms with van der Waals surface area (Å²) < 4.78 is 0. The molecular formula is C26H26N6O. The summed E-state index contributed by atoms with van der Waals surface area (Å²) in [4.78, 5) is 15.0. The van der Waals surface area contributed by atoms with Crippen molar-refractivity contribution in [2.75, 3.05) is 23.3 Å². The van der Waals surface area contributed by atoms with Crippen molar-refractivity contribution in [2.45, 2.75) is 13.8 Å². The van der Waals surface area contributed by atoms with Gasteiger partial charge >= 0.3 is 0 Å². The quantitative estimate of drug-likeness (QED) is 0.304.